The molecule has 60 valence electrons. The molecule has 0 heterocycles. The summed E-state index contributed by atoms with van der Waals surface area (Å²) in [6, 6.07) is 10.2. The predicted octanol–water partition coefficient (Wildman–Crippen LogP) is 3.11. The third-order valence-electron chi connectivity index (χ3n) is 1.51. The minimum Gasteiger partial charge on any atom is -0.106 e. The zero-order chi connectivity index (χ0) is 8.65. The average Bonchev–Trinajstić information content (AvgIpc) is 2.14. The van der Waals surface area contributed by atoms with E-state index in [1.807, 2.05) is 25.1 Å². The number of rotatable bonds is 2. The van der Waals surface area contributed by atoms with Gasteiger partial charge in [-0.1, -0.05) is 48.4 Å². The third kappa shape index (κ3) is 3.07. The Bertz CT molecular complexity index is 296. The summed E-state index contributed by atoms with van der Waals surface area (Å²) in [5, 5.41) is 0. The van der Waals surface area contributed by atoms with Crippen LogP contribution in [0.4, 0.5) is 0 Å². The van der Waals surface area contributed by atoms with Gasteiger partial charge < -0.3 is 0 Å². The minimum absolute atomic E-state index is 0.839. The van der Waals surface area contributed by atoms with E-state index in [1.54, 1.807) is 0 Å². The monoisotopic (exact) mass is 156 g/mol. The van der Waals surface area contributed by atoms with Crippen molar-refractivity contribution in [3.8, 4) is 11.8 Å². The maximum Gasteiger partial charge on any atom is 0.0272 e. The van der Waals surface area contributed by atoms with Crippen LogP contribution in [-0.4, -0.2) is 0 Å². The molecule has 0 fully saturated rings. The van der Waals surface area contributed by atoms with Crippen molar-refractivity contribution in [1.29, 1.82) is 0 Å². The van der Waals surface area contributed by atoms with Crippen molar-refractivity contribution in [2.75, 3.05) is 0 Å². The summed E-state index contributed by atoms with van der Waals surface area (Å²) in [5.74, 6) is 5.83. The van der Waals surface area contributed by atoms with Gasteiger partial charge >= 0.3 is 0 Å². The SMILES string of the molecule is CC#CCC=Cc1ccccc1. The van der Waals surface area contributed by atoms with E-state index in [4.69, 9.17) is 0 Å². The van der Waals surface area contributed by atoms with Gasteiger partial charge in [-0.15, -0.1) is 5.92 Å². The lowest BCUT2D eigenvalue weighted by molar-refractivity contribution is 1.48. The van der Waals surface area contributed by atoms with E-state index in [2.05, 4.69) is 36.1 Å². The molecule has 0 aliphatic rings. The van der Waals surface area contributed by atoms with Crippen molar-refractivity contribution in [2.24, 2.45) is 0 Å². The Morgan fingerprint density at radius 2 is 2.00 bits per heavy atom. The molecule has 0 heteroatoms. The highest BCUT2D eigenvalue weighted by Crippen LogP contribution is 2.00. The summed E-state index contributed by atoms with van der Waals surface area (Å²) in [4.78, 5) is 0. The molecule has 0 bridgehead atoms. The van der Waals surface area contributed by atoms with Crippen LogP contribution in [0.1, 0.15) is 18.9 Å². The van der Waals surface area contributed by atoms with Crippen LogP contribution in [0.5, 0.6) is 0 Å². The van der Waals surface area contributed by atoms with Gasteiger partial charge in [0.2, 0.25) is 0 Å². The molecule has 1 aromatic carbocycles. The van der Waals surface area contributed by atoms with Gasteiger partial charge in [0.15, 0.2) is 0 Å². The van der Waals surface area contributed by atoms with Gasteiger partial charge in [-0.05, 0) is 12.5 Å². The lowest BCUT2D eigenvalue weighted by Crippen LogP contribution is -1.67. The van der Waals surface area contributed by atoms with E-state index in [9.17, 15) is 0 Å². The van der Waals surface area contributed by atoms with E-state index in [1.165, 1.54) is 5.56 Å². The summed E-state index contributed by atoms with van der Waals surface area (Å²) < 4.78 is 0. The molecule has 0 saturated carbocycles. The first kappa shape index (κ1) is 8.62. The Labute approximate surface area is 73.9 Å². The number of hydrogen-bond acceptors (Lipinski definition) is 0. The average molecular weight is 156 g/mol. The lowest BCUT2D eigenvalue weighted by atomic mass is 10.2. The standard InChI is InChI=1S/C12H12/c1-2-3-4-6-9-12-10-7-5-8-11-12/h5-11H,4H2,1H3. The molecule has 0 aliphatic heterocycles. The smallest absolute Gasteiger partial charge is 0.0272 e. The summed E-state index contributed by atoms with van der Waals surface area (Å²) in [7, 11) is 0. The van der Waals surface area contributed by atoms with Crippen LogP contribution >= 0.6 is 0 Å². The van der Waals surface area contributed by atoms with E-state index >= 15 is 0 Å². The molecule has 1 aromatic rings. The van der Waals surface area contributed by atoms with Gasteiger partial charge in [0.25, 0.3) is 0 Å². The van der Waals surface area contributed by atoms with Gasteiger partial charge in [0, 0.05) is 6.42 Å². The topological polar surface area (TPSA) is 0 Å². The van der Waals surface area contributed by atoms with Gasteiger partial charge in [-0.2, -0.15) is 0 Å². The van der Waals surface area contributed by atoms with E-state index in [-0.39, 0.29) is 0 Å². The van der Waals surface area contributed by atoms with Crippen LogP contribution in [0.2, 0.25) is 0 Å². The highest BCUT2D eigenvalue weighted by molar-refractivity contribution is 5.48. The van der Waals surface area contributed by atoms with Crippen molar-refractivity contribution in [1.82, 2.24) is 0 Å². The van der Waals surface area contributed by atoms with Crippen LogP contribution in [-0.2, 0) is 0 Å². The third-order valence-corrected chi connectivity index (χ3v) is 1.51. The maximum atomic E-state index is 2.98. The quantitative estimate of drug-likeness (QED) is 0.577. The Morgan fingerprint density at radius 1 is 1.25 bits per heavy atom. The highest BCUT2D eigenvalue weighted by Gasteiger charge is 1.79. The highest BCUT2D eigenvalue weighted by atomic mass is 13.9. The second-order valence-electron chi connectivity index (χ2n) is 2.44. The molecular weight excluding hydrogens is 144 g/mol. The Kier molecular flexibility index (Phi) is 3.74. The van der Waals surface area contributed by atoms with Crippen LogP contribution in [0, 0.1) is 11.8 Å². The lowest BCUT2D eigenvalue weighted by Gasteiger charge is -1.88. The number of allylic oxidation sites excluding steroid dienone is 1. The summed E-state index contributed by atoms with van der Waals surface area (Å²) in [6.45, 7) is 1.86. The van der Waals surface area contributed by atoms with E-state index < -0.39 is 0 Å². The molecule has 0 amide bonds. The molecular formula is C12H12. The van der Waals surface area contributed by atoms with Crippen molar-refractivity contribution < 1.29 is 0 Å². The van der Waals surface area contributed by atoms with Gasteiger partial charge in [-0.25, -0.2) is 0 Å². The fourth-order valence-electron chi connectivity index (χ4n) is 0.920. The first-order chi connectivity index (χ1) is 5.93. The van der Waals surface area contributed by atoms with Gasteiger partial charge in [-0.3, -0.25) is 0 Å². The minimum atomic E-state index is 0.839. The van der Waals surface area contributed by atoms with E-state index in [0.29, 0.717) is 0 Å². The predicted molar refractivity (Wildman–Crippen MR) is 53.5 cm³/mol. The molecule has 0 nitrogen and oxygen atoms in total. The number of hydrogen-bond donors (Lipinski definition) is 0. The molecule has 12 heavy (non-hydrogen) atoms. The fraction of sp³-hybridized carbons (Fsp3) is 0.167. The molecule has 0 unspecified atom stereocenters. The summed E-state index contributed by atoms with van der Waals surface area (Å²) >= 11 is 0. The van der Waals surface area contributed by atoms with Crippen molar-refractivity contribution >= 4 is 6.08 Å². The van der Waals surface area contributed by atoms with Gasteiger partial charge in [0.05, 0.1) is 0 Å². The fourth-order valence-corrected chi connectivity index (χ4v) is 0.920. The molecule has 1 rings (SSSR count). The normalized spacial score (nSPS) is 9.42. The van der Waals surface area contributed by atoms with E-state index in [0.717, 1.165) is 6.42 Å². The van der Waals surface area contributed by atoms with Crippen LogP contribution < -0.4 is 0 Å². The molecule has 0 aromatic heterocycles. The molecule has 0 saturated heterocycles. The second-order valence-corrected chi connectivity index (χ2v) is 2.44. The largest absolute Gasteiger partial charge is 0.106 e. The molecule has 0 radical (unpaired) electrons. The number of benzene rings is 1. The first-order valence-electron chi connectivity index (χ1n) is 4.04. The Balaban J connectivity index is 2.50. The Morgan fingerprint density at radius 3 is 2.67 bits per heavy atom. The molecule has 0 atom stereocenters. The van der Waals surface area contributed by atoms with Crippen LogP contribution in [0.3, 0.4) is 0 Å². The van der Waals surface area contributed by atoms with Gasteiger partial charge in [0.1, 0.15) is 0 Å². The van der Waals surface area contributed by atoms with Crippen molar-refractivity contribution in [3.05, 3.63) is 42.0 Å². The molecule has 0 spiro atoms. The Hall–Kier alpha value is -1.48. The summed E-state index contributed by atoms with van der Waals surface area (Å²) in [6.07, 6.45) is 5.00. The zero-order valence-corrected chi connectivity index (χ0v) is 7.25. The maximum absolute atomic E-state index is 2.98. The molecule has 0 N–H and O–H groups in total. The van der Waals surface area contributed by atoms with Crippen LogP contribution in [0.15, 0.2) is 36.4 Å². The van der Waals surface area contributed by atoms with Crippen LogP contribution in [0.25, 0.3) is 6.08 Å². The summed E-state index contributed by atoms with van der Waals surface area (Å²) in [5.41, 5.74) is 1.23. The zero-order valence-electron chi connectivity index (χ0n) is 7.25. The molecule has 0 aliphatic carbocycles. The van der Waals surface area contributed by atoms with Crippen molar-refractivity contribution in [2.45, 2.75) is 13.3 Å². The second kappa shape index (κ2) is 5.21. The van der Waals surface area contributed by atoms with Crippen molar-refractivity contribution in [3.63, 3.8) is 0 Å². The first-order valence-corrected chi connectivity index (χ1v) is 4.04.